The molecule has 0 aliphatic heterocycles. The first kappa shape index (κ1) is 54.6. The molecule has 2 unspecified atom stereocenters. The molecule has 0 rings (SSSR count). The highest BCUT2D eigenvalue weighted by Crippen LogP contribution is 2.16. The summed E-state index contributed by atoms with van der Waals surface area (Å²) in [5, 5.41) is 23.2. The summed E-state index contributed by atoms with van der Waals surface area (Å²) in [7, 11) is 0. The van der Waals surface area contributed by atoms with Crippen LogP contribution < -0.4 is 5.32 Å². The summed E-state index contributed by atoms with van der Waals surface area (Å²) in [6, 6.07) is -0.549. The Hall–Kier alpha value is -1.40. The van der Waals surface area contributed by atoms with Gasteiger partial charge in [0.05, 0.1) is 25.4 Å². The van der Waals surface area contributed by atoms with Crippen LogP contribution in [0.1, 0.15) is 271 Å². The first-order valence-electron chi connectivity index (χ1n) is 24.9. The molecule has 6 nitrogen and oxygen atoms in total. The van der Waals surface area contributed by atoms with Crippen molar-refractivity contribution in [3.8, 4) is 0 Å². The lowest BCUT2D eigenvalue weighted by molar-refractivity contribution is -0.143. The number of esters is 1. The second-order valence-electron chi connectivity index (χ2n) is 17.1. The molecule has 6 heteroatoms. The maximum atomic E-state index is 12.4. The van der Waals surface area contributed by atoms with E-state index in [1.807, 2.05) is 0 Å². The van der Waals surface area contributed by atoms with Crippen molar-refractivity contribution in [3.63, 3.8) is 0 Å². The van der Waals surface area contributed by atoms with Crippen LogP contribution in [0.2, 0.25) is 0 Å². The SMILES string of the molecule is CCCCCC/C=C\CCCCCCCC(=O)OCCCCCCCCCCCCCCCC(=O)NC(CO)C(O)CCCCCCCCCCCCCCC. The van der Waals surface area contributed by atoms with Crippen LogP contribution in [-0.2, 0) is 14.3 Å². The Bertz CT molecular complexity index is 832. The number of rotatable bonds is 46. The molecule has 3 N–H and O–H groups in total. The Labute approximate surface area is 349 Å². The minimum absolute atomic E-state index is 0.0147. The van der Waals surface area contributed by atoms with Crippen LogP contribution in [0.25, 0.3) is 0 Å². The van der Waals surface area contributed by atoms with Crippen molar-refractivity contribution in [1.29, 1.82) is 0 Å². The quantitative estimate of drug-likeness (QED) is 0.0324. The molecule has 0 saturated heterocycles. The smallest absolute Gasteiger partial charge is 0.305 e. The summed E-state index contributed by atoms with van der Waals surface area (Å²) < 4.78 is 5.45. The van der Waals surface area contributed by atoms with Crippen molar-refractivity contribution in [1.82, 2.24) is 5.32 Å². The highest BCUT2D eigenvalue weighted by Gasteiger charge is 2.20. The lowest BCUT2D eigenvalue weighted by atomic mass is 10.0. The molecule has 0 spiro atoms. The van der Waals surface area contributed by atoms with Gasteiger partial charge in [-0.2, -0.15) is 0 Å². The van der Waals surface area contributed by atoms with Gasteiger partial charge in [-0.3, -0.25) is 9.59 Å². The number of ether oxygens (including phenoxy) is 1. The third-order valence-corrected chi connectivity index (χ3v) is 11.6. The molecule has 0 aromatic rings. The van der Waals surface area contributed by atoms with Gasteiger partial charge in [0.2, 0.25) is 5.91 Å². The number of hydrogen-bond acceptors (Lipinski definition) is 5. The first-order valence-corrected chi connectivity index (χ1v) is 24.9. The van der Waals surface area contributed by atoms with Crippen LogP contribution in [0.15, 0.2) is 12.2 Å². The number of hydrogen-bond donors (Lipinski definition) is 3. The summed E-state index contributed by atoms with van der Waals surface area (Å²) >= 11 is 0. The second kappa shape index (κ2) is 46.3. The maximum absolute atomic E-state index is 12.4. The third-order valence-electron chi connectivity index (χ3n) is 11.6. The lowest BCUT2D eigenvalue weighted by Crippen LogP contribution is -2.45. The molecule has 0 saturated carbocycles. The molecule has 1 amide bonds. The Morgan fingerprint density at radius 3 is 1.29 bits per heavy atom. The van der Waals surface area contributed by atoms with Gasteiger partial charge in [-0.1, -0.05) is 219 Å². The average Bonchev–Trinajstić information content (AvgIpc) is 3.20. The Kier molecular flexibility index (Phi) is 45.1. The van der Waals surface area contributed by atoms with Crippen molar-refractivity contribution in [2.45, 2.75) is 283 Å². The molecule has 0 fully saturated rings. The van der Waals surface area contributed by atoms with Gasteiger partial charge in [0.1, 0.15) is 0 Å². The van der Waals surface area contributed by atoms with E-state index in [-0.39, 0.29) is 18.5 Å². The molecule has 0 aliphatic carbocycles. The largest absolute Gasteiger partial charge is 0.466 e. The monoisotopic (exact) mass is 792 g/mol. The van der Waals surface area contributed by atoms with Gasteiger partial charge < -0.3 is 20.3 Å². The van der Waals surface area contributed by atoms with Crippen LogP contribution in [-0.4, -0.2) is 47.4 Å². The van der Waals surface area contributed by atoms with Crippen LogP contribution in [0.4, 0.5) is 0 Å². The zero-order valence-electron chi connectivity index (χ0n) is 37.6. The molecular formula is C50H97NO5. The van der Waals surface area contributed by atoms with Crippen molar-refractivity contribution in [3.05, 3.63) is 12.2 Å². The normalized spacial score (nSPS) is 12.7. The van der Waals surface area contributed by atoms with Crippen molar-refractivity contribution >= 4 is 11.9 Å². The van der Waals surface area contributed by atoms with E-state index in [0.717, 1.165) is 51.4 Å². The van der Waals surface area contributed by atoms with Crippen LogP contribution in [0, 0.1) is 0 Å². The summed E-state index contributed by atoms with van der Waals surface area (Å²) in [4.78, 5) is 24.4. The number of unbranched alkanes of at least 4 members (excludes halogenated alkanes) is 33. The van der Waals surface area contributed by atoms with Gasteiger partial charge in [0.15, 0.2) is 0 Å². The molecular weight excluding hydrogens is 695 g/mol. The molecule has 0 aliphatic rings. The number of allylic oxidation sites excluding steroid dienone is 2. The number of aliphatic hydroxyl groups excluding tert-OH is 2. The molecule has 2 atom stereocenters. The van der Waals surface area contributed by atoms with Crippen LogP contribution >= 0.6 is 0 Å². The van der Waals surface area contributed by atoms with Gasteiger partial charge in [-0.25, -0.2) is 0 Å². The predicted molar refractivity (Wildman–Crippen MR) is 241 cm³/mol. The molecule has 0 radical (unpaired) electrons. The molecule has 0 aromatic carbocycles. The molecule has 0 bridgehead atoms. The lowest BCUT2D eigenvalue weighted by Gasteiger charge is -2.22. The van der Waals surface area contributed by atoms with E-state index in [2.05, 4.69) is 31.3 Å². The number of carbonyl (C=O) groups is 2. The third kappa shape index (κ3) is 42.2. The summed E-state index contributed by atoms with van der Waals surface area (Å²) in [6.45, 7) is 4.90. The fourth-order valence-electron chi connectivity index (χ4n) is 7.69. The predicted octanol–water partition coefficient (Wildman–Crippen LogP) is 14.6. The molecule has 332 valence electrons. The molecule has 0 heterocycles. The highest BCUT2D eigenvalue weighted by atomic mass is 16.5. The summed E-state index contributed by atoms with van der Waals surface area (Å²) in [6.07, 6.45) is 51.7. The van der Waals surface area contributed by atoms with Gasteiger partial charge in [0, 0.05) is 12.8 Å². The minimum atomic E-state index is -0.671. The summed E-state index contributed by atoms with van der Waals surface area (Å²) in [5.74, 6) is -0.0627. The van der Waals surface area contributed by atoms with Gasteiger partial charge in [-0.05, 0) is 51.4 Å². The summed E-state index contributed by atoms with van der Waals surface area (Å²) in [5.41, 5.74) is 0. The topological polar surface area (TPSA) is 95.9 Å². The number of amides is 1. The van der Waals surface area contributed by atoms with Crippen molar-refractivity contribution in [2.75, 3.05) is 13.2 Å². The number of nitrogens with one attached hydrogen (secondary N) is 1. The standard InChI is InChI=1S/C50H97NO5/c1-3-5-7-9-11-13-15-18-22-26-30-34-38-42-48(53)47(46-52)51-49(54)43-39-35-31-27-23-20-17-21-25-29-33-37-41-45-56-50(55)44-40-36-32-28-24-19-16-14-12-10-8-6-4-2/h14,16,47-48,52-53H,3-13,15,17-46H2,1-2H3,(H,51,54)/b16-14-. The van der Waals surface area contributed by atoms with E-state index in [9.17, 15) is 19.8 Å². The van der Waals surface area contributed by atoms with E-state index in [1.165, 1.54) is 186 Å². The fourth-order valence-corrected chi connectivity index (χ4v) is 7.69. The van der Waals surface area contributed by atoms with E-state index in [1.54, 1.807) is 0 Å². The average molecular weight is 792 g/mol. The van der Waals surface area contributed by atoms with Crippen molar-refractivity contribution < 1.29 is 24.5 Å². The number of carbonyl (C=O) groups excluding carboxylic acids is 2. The molecule has 56 heavy (non-hydrogen) atoms. The Morgan fingerprint density at radius 1 is 0.482 bits per heavy atom. The van der Waals surface area contributed by atoms with Crippen LogP contribution in [0.5, 0.6) is 0 Å². The zero-order valence-corrected chi connectivity index (χ0v) is 37.6. The Morgan fingerprint density at radius 2 is 0.839 bits per heavy atom. The van der Waals surface area contributed by atoms with Gasteiger partial charge in [0.25, 0.3) is 0 Å². The van der Waals surface area contributed by atoms with Gasteiger partial charge >= 0.3 is 5.97 Å². The van der Waals surface area contributed by atoms with E-state index in [0.29, 0.717) is 25.9 Å². The minimum Gasteiger partial charge on any atom is -0.466 e. The number of aliphatic hydroxyl groups is 2. The van der Waals surface area contributed by atoms with Gasteiger partial charge in [-0.15, -0.1) is 0 Å². The maximum Gasteiger partial charge on any atom is 0.305 e. The highest BCUT2D eigenvalue weighted by molar-refractivity contribution is 5.76. The first-order chi connectivity index (χ1) is 27.5. The second-order valence-corrected chi connectivity index (χ2v) is 17.1. The van der Waals surface area contributed by atoms with Crippen LogP contribution in [0.3, 0.4) is 0 Å². The Balaban J connectivity index is 3.45. The van der Waals surface area contributed by atoms with E-state index >= 15 is 0 Å². The molecule has 0 aromatic heterocycles. The fraction of sp³-hybridized carbons (Fsp3) is 0.920. The van der Waals surface area contributed by atoms with E-state index < -0.39 is 12.1 Å². The van der Waals surface area contributed by atoms with E-state index in [4.69, 9.17) is 4.74 Å². The van der Waals surface area contributed by atoms with Crippen molar-refractivity contribution in [2.24, 2.45) is 0 Å². The zero-order chi connectivity index (χ0) is 40.8.